The first kappa shape index (κ1) is 19.1. The molecular weight excluding hydrogens is 340 g/mol. The Morgan fingerprint density at radius 2 is 1.76 bits per heavy atom. The van der Waals surface area contributed by atoms with Crippen LogP contribution in [0.2, 0.25) is 0 Å². The number of amides is 1. The summed E-state index contributed by atoms with van der Waals surface area (Å²) in [5.74, 6) is 2.07. The number of carbonyl (C=O) groups excluding carboxylic acids is 1. The lowest BCUT2D eigenvalue weighted by Gasteiger charge is -2.12. The molecular formula is C19H23ClN2O3. The molecule has 0 saturated heterocycles. The molecule has 5 nitrogen and oxygen atoms in total. The molecule has 2 aromatic rings. The zero-order valence-corrected chi connectivity index (χ0v) is 14.9. The van der Waals surface area contributed by atoms with E-state index < -0.39 is 0 Å². The van der Waals surface area contributed by atoms with Crippen LogP contribution < -0.4 is 20.5 Å². The second kappa shape index (κ2) is 8.74. The van der Waals surface area contributed by atoms with E-state index in [1.54, 1.807) is 7.11 Å². The molecule has 134 valence electrons. The molecule has 6 heteroatoms. The molecule has 3 N–H and O–H groups in total. The van der Waals surface area contributed by atoms with Gasteiger partial charge in [0.25, 0.3) is 0 Å². The van der Waals surface area contributed by atoms with Crippen LogP contribution in [0.15, 0.2) is 48.5 Å². The van der Waals surface area contributed by atoms with Crippen LogP contribution in [-0.4, -0.2) is 19.1 Å². The number of benzene rings is 2. The standard InChI is InChI=1S/C19H22N2O3.ClH/c1-23-17-4-2-3-5-18(17)24-16-10-8-15(9-11-16)21-19(22)13-6-7-14(20)12-13;/h2-5,8-11,13-14H,6-7,12,20H2,1H3,(H,21,22);1H. The Labute approximate surface area is 153 Å². The van der Waals surface area contributed by atoms with E-state index in [4.69, 9.17) is 15.2 Å². The van der Waals surface area contributed by atoms with E-state index in [0.29, 0.717) is 17.2 Å². The van der Waals surface area contributed by atoms with Crippen molar-refractivity contribution in [3.63, 3.8) is 0 Å². The summed E-state index contributed by atoms with van der Waals surface area (Å²) in [7, 11) is 1.61. The number of rotatable bonds is 5. The third-order valence-corrected chi connectivity index (χ3v) is 4.26. The quantitative estimate of drug-likeness (QED) is 0.843. The lowest BCUT2D eigenvalue weighted by Crippen LogP contribution is -2.23. The number of ether oxygens (including phenoxy) is 2. The van der Waals surface area contributed by atoms with Crippen LogP contribution in [0.5, 0.6) is 17.2 Å². The van der Waals surface area contributed by atoms with Gasteiger partial charge in [-0.3, -0.25) is 4.79 Å². The van der Waals surface area contributed by atoms with E-state index >= 15 is 0 Å². The number of halogens is 1. The van der Waals surface area contributed by atoms with Crippen LogP contribution in [0.1, 0.15) is 19.3 Å². The normalized spacial score (nSPS) is 19.0. The van der Waals surface area contributed by atoms with Crippen molar-refractivity contribution < 1.29 is 14.3 Å². The first-order valence-electron chi connectivity index (χ1n) is 8.13. The summed E-state index contributed by atoms with van der Waals surface area (Å²) in [6, 6.07) is 14.9. The summed E-state index contributed by atoms with van der Waals surface area (Å²) < 4.78 is 11.1. The number of para-hydroxylation sites is 2. The lowest BCUT2D eigenvalue weighted by molar-refractivity contribution is -0.119. The van der Waals surface area contributed by atoms with E-state index in [0.717, 1.165) is 24.9 Å². The Bertz CT molecular complexity index is 706. The first-order valence-corrected chi connectivity index (χ1v) is 8.13. The zero-order valence-electron chi connectivity index (χ0n) is 14.1. The molecule has 1 fully saturated rings. The smallest absolute Gasteiger partial charge is 0.227 e. The first-order chi connectivity index (χ1) is 11.7. The Kier molecular flexibility index (Phi) is 6.67. The molecule has 1 saturated carbocycles. The second-order valence-corrected chi connectivity index (χ2v) is 6.04. The van der Waals surface area contributed by atoms with Crippen LogP contribution in [0.3, 0.4) is 0 Å². The number of nitrogens with one attached hydrogen (secondary N) is 1. The Hall–Kier alpha value is -2.24. The zero-order chi connectivity index (χ0) is 16.9. The third-order valence-electron chi connectivity index (χ3n) is 4.26. The molecule has 0 aliphatic heterocycles. The summed E-state index contributed by atoms with van der Waals surface area (Å²) in [5.41, 5.74) is 6.62. The molecule has 2 unspecified atom stereocenters. The Morgan fingerprint density at radius 1 is 1.08 bits per heavy atom. The van der Waals surface area contributed by atoms with E-state index in [-0.39, 0.29) is 30.3 Å². The van der Waals surface area contributed by atoms with Crippen molar-refractivity contribution in [3.8, 4) is 17.2 Å². The summed E-state index contributed by atoms with van der Waals surface area (Å²) in [4.78, 5) is 12.2. The lowest BCUT2D eigenvalue weighted by atomic mass is 10.1. The maximum Gasteiger partial charge on any atom is 0.227 e. The predicted octanol–water partition coefficient (Wildman–Crippen LogP) is 3.98. The van der Waals surface area contributed by atoms with Gasteiger partial charge in [-0.25, -0.2) is 0 Å². The van der Waals surface area contributed by atoms with Crippen molar-refractivity contribution in [1.82, 2.24) is 0 Å². The molecule has 3 rings (SSSR count). The minimum atomic E-state index is 0. The highest BCUT2D eigenvalue weighted by Gasteiger charge is 2.27. The third kappa shape index (κ3) is 4.87. The van der Waals surface area contributed by atoms with Crippen LogP contribution in [0, 0.1) is 5.92 Å². The Balaban J connectivity index is 0.00000225. The molecule has 0 radical (unpaired) electrons. The van der Waals surface area contributed by atoms with Crippen molar-refractivity contribution in [2.24, 2.45) is 11.7 Å². The van der Waals surface area contributed by atoms with Gasteiger partial charge in [-0.1, -0.05) is 12.1 Å². The number of hydrogen-bond acceptors (Lipinski definition) is 4. The maximum absolute atomic E-state index is 12.2. The number of nitrogens with two attached hydrogens (primary N) is 1. The second-order valence-electron chi connectivity index (χ2n) is 6.04. The van der Waals surface area contributed by atoms with E-state index in [2.05, 4.69) is 5.32 Å². The van der Waals surface area contributed by atoms with Crippen molar-refractivity contribution in [2.45, 2.75) is 25.3 Å². The molecule has 1 aliphatic carbocycles. The highest BCUT2D eigenvalue weighted by atomic mass is 35.5. The molecule has 0 aromatic heterocycles. The molecule has 25 heavy (non-hydrogen) atoms. The SMILES string of the molecule is COc1ccccc1Oc1ccc(NC(=O)C2CCC(N)C2)cc1.Cl. The van der Waals surface area contributed by atoms with Gasteiger partial charge in [0.05, 0.1) is 7.11 Å². The van der Waals surface area contributed by atoms with Gasteiger partial charge in [-0.05, 0) is 55.7 Å². The number of carbonyl (C=O) groups is 1. The topological polar surface area (TPSA) is 73.6 Å². The fourth-order valence-electron chi connectivity index (χ4n) is 2.94. The van der Waals surface area contributed by atoms with Gasteiger partial charge in [0.15, 0.2) is 11.5 Å². The fraction of sp³-hybridized carbons (Fsp3) is 0.316. The fourth-order valence-corrected chi connectivity index (χ4v) is 2.94. The van der Waals surface area contributed by atoms with Gasteiger partial charge in [-0.15, -0.1) is 12.4 Å². The van der Waals surface area contributed by atoms with Gasteiger partial charge in [0.1, 0.15) is 5.75 Å². The Morgan fingerprint density at radius 3 is 2.36 bits per heavy atom. The molecule has 2 aromatic carbocycles. The monoisotopic (exact) mass is 362 g/mol. The average molecular weight is 363 g/mol. The van der Waals surface area contributed by atoms with Crippen molar-refractivity contribution in [3.05, 3.63) is 48.5 Å². The minimum Gasteiger partial charge on any atom is -0.493 e. The predicted molar refractivity (Wildman–Crippen MR) is 101 cm³/mol. The molecule has 0 spiro atoms. The molecule has 2 atom stereocenters. The van der Waals surface area contributed by atoms with Gasteiger partial charge >= 0.3 is 0 Å². The minimum absolute atomic E-state index is 0. The molecule has 1 aliphatic rings. The summed E-state index contributed by atoms with van der Waals surface area (Å²) in [5, 5.41) is 2.94. The molecule has 1 amide bonds. The van der Waals surface area contributed by atoms with Gasteiger partial charge in [0, 0.05) is 17.6 Å². The van der Waals surface area contributed by atoms with Gasteiger partial charge < -0.3 is 20.5 Å². The summed E-state index contributed by atoms with van der Waals surface area (Å²) in [6.07, 6.45) is 2.55. The van der Waals surface area contributed by atoms with E-state index in [1.807, 2.05) is 48.5 Å². The summed E-state index contributed by atoms with van der Waals surface area (Å²) in [6.45, 7) is 0. The van der Waals surface area contributed by atoms with Gasteiger partial charge in [0.2, 0.25) is 5.91 Å². The molecule has 0 bridgehead atoms. The highest BCUT2D eigenvalue weighted by molar-refractivity contribution is 5.92. The maximum atomic E-state index is 12.2. The number of anilines is 1. The van der Waals surface area contributed by atoms with Crippen LogP contribution in [-0.2, 0) is 4.79 Å². The number of hydrogen-bond donors (Lipinski definition) is 2. The highest BCUT2D eigenvalue weighted by Crippen LogP contribution is 2.31. The summed E-state index contributed by atoms with van der Waals surface area (Å²) >= 11 is 0. The van der Waals surface area contributed by atoms with Crippen LogP contribution in [0.25, 0.3) is 0 Å². The van der Waals surface area contributed by atoms with Crippen LogP contribution in [0.4, 0.5) is 5.69 Å². The molecule has 0 heterocycles. The van der Waals surface area contributed by atoms with Crippen molar-refractivity contribution in [2.75, 3.05) is 12.4 Å². The number of methoxy groups -OCH3 is 1. The van der Waals surface area contributed by atoms with Crippen molar-refractivity contribution in [1.29, 1.82) is 0 Å². The van der Waals surface area contributed by atoms with Gasteiger partial charge in [-0.2, -0.15) is 0 Å². The largest absolute Gasteiger partial charge is 0.493 e. The van der Waals surface area contributed by atoms with Crippen molar-refractivity contribution >= 4 is 24.0 Å². The van der Waals surface area contributed by atoms with Crippen LogP contribution >= 0.6 is 12.4 Å². The average Bonchev–Trinajstić information content (AvgIpc) is 3.04. The van der Waals surface area contributed by atoms with E-state index in [9.17, 15) is 4.79 Å². The van der Waals surface area contributed by atoms with E-state index in [1.165, 1.54) is 0 Å².